The molecule has 2 fully saturated rings. The van der Waals surface area contributed by atoms with Crippen molar-refractivity contribution in [2.45, 2.75) is 44.4 Å². The Labute approximate surface area is 177 Å². The normalized spacial score (nSPS) is 22.5. The molecule has 2 atom stereocenters. The van der Waals surface area contributed by atoms with E-state index in [1.165, 1.54) is 41.3 Å². The summed E-state index contributed by atoms with van der Waals surface area (Å²) in [6, 6.07) is 12.3. The predicted molar refractivity (Wildman–Crippen MR) is 120 cm³/mol. The SMILES string of the molecule is Cc1cc(C2CC2)c(CC2CCN(C)CC2c2ccc(C(=O)O)cc2)c2cc[nH]c12. The number of aryl methyl sites for hydroxylation is 1. The van der Waals surface area contributed by atoms with Gasteiger partial charge in [0, 0.05) is 23.6 Å². The summed E-state index contributed by atoms with van der Waals surface area (Å²) in [5.74, 6) is 0.865. The summed E-state index contributed by atoms with van der Waals surface area (Å²) in [5, 5.41) is 10.7. The van der Waals surface area contributed by atoms with E-state index >= 15 is 0 Å². The Kier molecular flexibility index (Phi) is 4.90. The van der Waals surface area contributed by atoms with Gasteiger partial charge >= 0.3 is 5.97 Å². The molecule has 2 aromatic carbocycles. The molecule has 1 aliphatic carbocycles. The Morgan fingerprint density at radius 1 is 1.17 bits per heavy atom. The maximum atomic E-state index is 11.3. The second-order valence-electron chi connectivity index (χ2n) is 9.35. The largest absolute Gasteiger partial charge is 0.478 e. The topological polar surface area (TPSA) is 56.3 Å². The lowest BCUT2D eigenvalue weighted by Gasteiger charge is -2.38. The van der Waals surface area contributed by atoms with Crippen LogP contribution in [-0.4, -0.2) is 41.1 Å². The lowest BCUT2D eigenvalue weighted by Crippen LogP contribution is -2.37. The fraction of sp³-hybridized carbons (Fsp3) is 0.423. The number of fused-ring (bicyclic) bond motifs is 1. The molecule has 1 saturated heterocycles. The molecule has 30 heavy (non-hydrogen) atoms. The summed E-state index contributed by atoms with van der Waals surface area (Å²) < 4.78 is 0. The van der Waals surface area contributed by atoms with Gasteiger partial charge in [0.1, 0.15) is 0 Å². The van der Waals surface area contributed by atoms with Gasteiger partial charge in [-0.1, -0.05) is 18.2 Å². The molecular weight excluding hydrogens is 372 g/mol. The van der Waals surface area contributed by atoms with Gasteiger partial charge < -0.3 is 15.0 Å². The quantitative estimate of drug-likeness (QED) is 0.606. The van der Waals surface area contributed by atoms with Gasteiger partial charge in [0.05, 0.1) is 5.56 Å². The van der Waals surface area contributed by atoms with Crippen LogP contribution in [0.1, 0.15) is 63.7 Å². The van der Waals surface area contributed by atoms with E-state index < -0.39 is 5.97 Å². The van der Waals surface area contributed by atoms with Gasteiger partial charge in [-0.3, -0.25) is 0 Å². The number of H-pyrrole nitrogens is 1. The number of carboxylic acid groups (broad SMARTS) is 1. The molecule has 4 heteroatoms. The Morgan fingerprint density at radius 2 is 1.93 bits per heavy atom. The van der Waals surface area contributed by atoms with Gasteiger partial charge in [0.2, 0.25) is 0 Å². The number of nitrogens with zero attached hydrogens (tertiary/aromatic N) is 1. The van der Waals surface area contributed by atoms with Crippen molar-refractivity contribution < 1.29 is 9.90 Å². The minimum Gasteiger partial charge on any atom is -0.478 e. The predicted octanol–water partition coefficient (Wildman–Crippen LogP) is 5.33. The molecule has 2 N–H and O–H groups in total. The average Bonchev–Trinajstić information content (AvgIpc) is 3.46. The van der Waals surface area contributed by atoms with E-state index in [4.69, 9.17) is 0 Å². The highest BCUT2D eigenvalue weighted by molar-refractivity contribution is 5.88. The van der Waals surface area contributed by atoms with Crippen LogP contribution in [-0.2, 0) is 6.42 Å². The van der Waals surface area contributed by atoms with Crippen LogP contribution in [0.5, 0.6) is 0 Å². The maximum Gasteiger partial charge on any atom is 0.335 e. The highest BCUT2D eigenvalue weighted by Gasteiger charge is 2.33. The number of rotatable bonds is 5. The molecule has 0 radical (unpaired) electrons. The van der Waals surface area contributed by atoms with E-state index in [9.17, 15) is 9.90 Å². The first-order chi connectivity index (χ1) is 14.5. The molecule has 156 valence electrons. The lowest BCUT2D eigenvalue weighted by molar-refractivity contribution is 0.0697. The Morgan fingerprint density at radius 3 is 2.63 bits per heavy atom. The molecule has 4 nitrogen and oxygen atoms in total. The molecule has 0 bridgehead atoms. The number of hydrogen-bond donors (Lipinski definition) is 2. The summed E-state index contributed by atoms with van der Waals surface area (Å²) >= 11 is 0. The number of carbonyl (C=O) groups is 1. The van der Waals surface area contributed by atoms with Crippen LogP contribution in [0.2, 0.25) is 0 Å². The number of benzene rings is 2. The van der Waals surface area contributed by atoms with E-state index in [2.05, 4.69) is 42.2 Å². The molecule has 3 aromatic rings. The standard InChI is InChI=1S/C26H30N2O2/c1-16-13-22(17-3-4-17)23(21-9-11-27-25(16)21)14-20-10-12-28(2)15-24(20)18-5-7-19(8-6-18)26(29)30/h5-9,11,13,17,20,24,27H,3-4,10,12,14-15H2,1-2H3,(H,29,30). The molecule has 1 aromatic heterocycles. The zero-order valence-corrected chi connectivity index (χ0v) is 17.8. The first-order valence-electron chi connectivity index (χ1n) is 11.1. The third-order valence-corrected chi connectivity index (χ3v) is 7.22. The minimum absolute atomic E-state index is 0.364. The van der Waals surface area contributed by atoms with Crippen molar-refractivity contribution in [3.8, 4) is 0 Å². The van der Waals surface area contributed by atoms with Gasteiger partial charge in [0.15, 0.2) is 0 Å². The Hall–Kier alpha value is -2.59. The zero-order chi connectivity index (χ0) is 20.8. The number of piperidine rings is 1. The summed E-state index contributed by atoms with van der Waals surface area (Å²) in [6.45, 7) is 4.37. The van der Waals surface area contributed by atoms with E-state index in [1.54, 1.807) is 23.3 Å². The third-order valence-electron chi connectivity index (χ3n) is 7.22. The number of carboxylic acids is 1. The van der Waals surface area contributed by atoms with Crippen LogP contribution in [0.25, 0.3) is 10.9 Å². The number of hydrogen-bond acceptors (Lipinski definition) is 2. The lowest BCUT2D eigenvalue weighted by atomic mass is 9.76. The van der Waals surface area contributed by atoms with Crippen LogP contribution >= 0.6 is 0 Å². The monoisotopic (exact) mass is 402 g/mol. The van der Waals surface area contributed by atoms with E-state index in [0.29, 0.717) is 17.4 Å². The number of likely N-dealkylation sites (tertiary alicyclic amines) is 1. The first-order valence-corrected chi connectivity index (χ1v) is 11.1. The second kappa shape index (κ2) is 7.59. The van der Waals surface area contributed by atoms with Crippen molar-refractivity contribution in [1.29, 1.82) is 0 Å². The van der Waals surface area contributed by atoms with E-state index in [-0.39, 0.29) is 0 Å². The first kappa shape index (κ1) is 19.4. The van der Waals surface area contributed by atoms with Crippen molar-refractivity contribution in [2.24, 2.45) is 5.92 Å². The molecule has 2 aliphatic rings. The summed E-state index contributed by atoms with van der Waals surface area (Å²) in [7, 11) is 2.20. The third kappa shape index (κ3) is 3.54. The number of nitrogens with one attached hydrogen (secondary N) is 1. The number of aromatic nitrogens is 1. The number of likely N-dealkylation sites (N-methyl/N-ethyl adjacent to an activating group) is 1. The van der Waals surface area contributed by atoms with Gasteiger partial charge in [-0.25, -0.2) is 4.79 Å². The Balaban J connectivity index is 1.51. The molecule has 1 saturated carbocycles. The van der Waals surface area contributed by atoms with Crippen LogP contribution in [0, 0.1) is 12.8 Å². The average molecular weight is 403 g/mol. The van der Waals surface area contributed by atoms with E-state index in [0.717, 1.165) is 25.4 Å². The molecule has 1 aliphatic heterocycles. The second-order valence-corrected chi connectivity index (χ2v) is 9.35. The zero-order valence-electron chi connectivity index (χ0n) is 17.8. The van der Waals surface area contributed by atoms with Crippen molar-refractivity contribution in [1.82, 2.24) is 9.88 Å². The van der Waals surface area contributed by atoms with Crippen LogP contribution in [0.3, 0.4) is 0 Å². The minimum atomic E-state index is -0.859. The van der Waals surface area contributed by atoms with Crippen molar-refractivity contribution >= 4 is 16.9 Å². The number of aromatic amines is 1. The van der Waals surface area contributed by atoms with Crippen molar-refractivity contribution in [3.05, 3.63) is 70.4 Å². The van der Waals surface area contributed by atoms with Gasteiger partial charge in [0.25, 0.3) is 0 Å². The summed E-state index contributed by atoms with van der Waals surface area (Å²) in [5.41, 5.74) is 7.37. The van der Waals surface area contributed by atoms with Crippen LogP contribution in [0.4, 0.5) is 0 Å². The highest BCUT2D eigenvalue weighted by atomic mass is 16.4. The van der Waals surface area contributed by atoms with Gasteiger partial charge in [-0.15, -0.1) is 0 Å². The van der Waals surface area contributed by atoms with Crippen LogP contribution in [0.15, 0.2) is 42.6 Å². The van der Waals surface area contributed by atoms with Gasteiger partial charge in [-0.05, 0) is 104 Å². The molecule has 0 amide bonds. The fourth-order valence-corrected chi connectivity index (χ4v) is 5.40. The van der Waals surface area contributed by atoms with Gasteiger partial charge in [-0.2, -0.15) is 0 Å². The number of aromatic carboxylic acids is 1. The fourth-order valence-electron chi connectivity index (χ4n) is 5.40. The molecular formula is C26H30N2O2. The molecule has 2 heterocycles. The smallest absolute Gasteiger partial charge is 0.335 e. The maximum absolute atomic E-state index is 11.3. The molecule has 5 rings (SSSR count). The van der Waals surface area contributed by atoms with Crippen molar-refractivity contribution in [3.63, 3.8) is 0 Å². The molecule has 2 unspecified atom stereocenters. The molecule has 0 spiro atoms. The van der Waals surface area contributed by atoms with Crippen LogP contribution < -0.4 is 0 Å². The Bertz CT molecular complexity index is 1080. The summed E-state index contributed by atoms with van der Waals surface area (Å²) in [4.78, 5) is 17.1. The van der Waals surface area contributed by atoms with Crippen molar-refractivity contribution in [2.75, 3.05) is 20.1 Å². The highest BCUT2D eigenvalue weighted by Crippen LogP contribution is 2.46. The summed E-state index contributed by atoms with van der Waals surface area (Å²) in [6.07, 6.45) is 6.98. The van der Waals surface area contributed by atoms with E-state index in [1.807, 2.05) is 12.1 Å².